The molecule has 0 saturated heterocycles. The van der Waals surface area contributed by atoms with Gasteiger partial charge in [0.25, 0.3) is 5.56 Å². The standard InChI is InChI=1S/C22H23NO3/c1-5-26-22(25)18-8-6-17(7-9-18)13-23-20(24)12-15(3)19-11-14(2)10-16(4)21(19)23/h6-12H,5,13H2,1-4H3. The molecule has 0 radical (unpaired) electrons. The fourth-order valence-corrected chi connectivity index (χ4v) is 3.37. The number of hydrogen-bond acceptors (Lipinski definition) is 3. The molecule has 0 atom stereocenters. The molecule has 0 amide bonds. The van der Waals surface area contributed by atoms with Crippen molar-refractivity contribution in [2.75, 3.05) is 6.61 Å². The lowest BCUT2D eigenvalue weighted by Gasteiger charge is -2.15. The largest absolute Gasteiger partial charge is 0.462 e. The van der Waals surface area contributed by atoms with Gasteiger partial charge in [0.1, 0.15) is 0 Å². The van der Waals surface area contributed by atoms with Crippen molar-refractivity contribution in [3.8, 4) is 0 Å². The number of rotatable bonds is 4. The van der Waals surface area contributed by atoms with Gasteiger partial charge in [-0.05, 0) is 62.6 Å². The molecule has 4 heteroatoms. The van der Waals surface area contributed by atoms with Gasteiger partial charge in [-0.3, -0.25) is 4.79 Å². The molecule has 0 fully saturated rings. The zero-order valence-corrected chi connectivity index (χ0v) is 15.6. The fraction of sp³-hybridized carbons (Fsp3) is 0.273. The Morgan fingerprint density at radius 2 is 1.69 bits per heavy atom. The molecular formula is C22H23NO3. The lowest BCUT2D eigenvalue weighted by atomic mass is 10.0. The highest BCUT2D eigenvalue weighted by atomic mass is 16.5. The number of fused-ring (bicyclic) bond motifs is 1. The number of carbonyl (C=O) groups is 1. The highest BCUT2D eigenvalue weighted by Gasteiger charge is 2.11. The lowest BCUT2D eigenvalue weighted by Crippen LogP contribution is -2.21. The molecule has 26 heavy (non-hydrogen) atoms. The molecule has 0 aliphatic rings. The van der Waals surface area contributed by atoms with Crippen LogP contribution in [0.1, 0.15) is 39.5 Å². The average molecular weight is 349 g/mol. The second-order valence-corrected chi connectivity index (χ2v) is 6.65. The number of pyridine rings is 1. The minimum absolute atomic E-state index is 0.0172. The van der Waals surface area contributed by atoms with E-state index in [-0.39, 0.29) is 11.5 Å². The summed E-state index contributed by atoms with van der Waals surface area (Å²) in [4.78, 5) is 24.4. The average Bonchev–Trinajstić information content (AvgIpc) is 2.59. The predicted molar refractivity (Wildman–Crippen MR) is 104 cm³/mol. The molecule has 0 bridgehead atoms. The summed E-state index contributed by atoms with van der Waals surface area (Å²) < 4.78 is 6.81. The monoisotopic (exact) mass is 349 g/mol. The fourth-order valence-electron chi connectivity index (χ4n) is 3.37. The van der Waals surface area contributed by atoms with Crippen molar-refractivity contribution in [1.82, 2.24) is 4.57 Å². The van der Waals surface area contributed by atoms with E-state index in [0.717, 1.165) is 27.6 Å². The van der Waals surface area contributed by atoms with Gasteiger partial charge in [-0.25, -0.2) is 4.79 Å². The summed E-state index contributed by atoms with van der Waals surface area (Å²) in [6.45, 7) is 8.67. The van der Waals surface area contributed by atoms with E-state index in [4.69, 9.17) is 4.74 Å². The van der Waals surface area contributed by atoms with Gasteiger partial charge in [-0.2, -0.15) is 0 Å². The number of hydrogen-bond donors (Lipinski definition) is 0. The Labute approximate surface area is 153 Å². The summed E-state index contributed by atoms with van der Waals surface area (Å²) in [6, 6.07) is 13.1. The van der Waals surface area contributed by atoms with Crippen molar-refractivity contribution < 1.29 is 9.53 Å². The molecule has 2 aromatic carbocycles. The van der Waals surface area contributed by atoms with Crippen molar-refractivity contribution in [1.29, 1.82) is 0 Å². The van der Waals surface area contributed by atoms with Crippen LogP contribution in [0.2, 0.25) is 0 Å². The molecular weight excluding hydrogens is 326 g/mol. The molecule has 0 N–H and O–H groups in total. The molecule has 0 aliphatic heterocycles. The van der Waals surface area contributed by atoms with Crippen LogP contribution in [0.15, 0.2) is 47.3 Å². The summed E-state index contributed by atoms with van der Waals surface area (Å²) in [5.41, 5.74) is 5.69. The molecule has 1 aromatic heterocycles. The molecule has 0 spiro atoms. The van der Waals surface area contributed by atoms with Crippen molar-refractivity contribution in [2.45, 2.75) is 34.2 Å². The van der Waals surface area contributed by atoms with E-state index < -0.39 is 0 Å². The maximum Gasteiger partial charge on any atom is 0.338 e. The van der Waals surface area contributed by atoms with Crippen molar-refractivity contribution >= 4 is 16.9 Å². The van der Waals surface area contributed by atoms with Crippen LogP contribution >= 0.6 is 0 Å². The Balaban J connectivity index is 2.04. The van der Waals surface area contributed by atoms with E-state index in [0.29, 0.717) is 18.7 Å². The molecule has 0 saturated carbocycles. The Bertz CT molecular complexity index is 1030. The maximum absolute atomic E-state index is 12.6. The normalized spacial score (nSPS) is 10.9. The molecule has 3 aromatic rings. The Morgan fingerprint density at radius 1 is 1.00 bits per heavy atom. The van der Waals surface area contributed by atoms with Crippen LogP contribution in [0.4, 0.5) is 0 Å². The minimum atomic E-state index is -0.330. The first kappa shape index (κ1) is 17.9. The second kappa shape index (κ2) is 7.16. The molecule has 134 valence electrons. The summed E-state index contributed by atoms with van der Waals surface area (Å²) >= 11 is 0. The minimum Gasteiger partial charge on any atom is -0.462 e. The predicted octanol–water partition coefficient (Wildman–Crippen LogP) is 4.15. The number of ether oxygens (including phenoxy) is 1. The third-order valence-electron chi connectivity index (χ3n) is 4.55. The van der Waals surface area contributed by atoms with Gasteiger partial charge in [-0.15, -0.1) is 0 Å². The van der Waals surface area contributed by atoms with Crippen LogP contribution in [-0.4, -0.2) is 17.1 Å². The van der Waals surface area contributed by atoms with Crippen molar-refractivity contribution in [2.24, 2.45) is 0 Å². The Morgan fingerprint density at radius 3 is 2.35 bits per heavy atom. The molecule has 4 nitrogen and oxygen atoms in total. The number of aromatic nitrogens is 1. The summed E-state index contributed by atoms with van der Waals surface area (Å²) in [7, 11) is 0. The van der Waals surface area contributed by atoms with E-state index in [1.165, 1.54) is 5.56 Å². The number of esters is 1. The van der Waals surface area contributed by atoms with Crippen molar-refractivity contribution in [3.63, 3.8) is 0 Å². The Hall–Kier alpha value is -2.88. The van der Waals surface area contributed by atoms with Crippen LogP contribution in [-0.2, 0) is 11.3 Å². The molecule has 3 rings (SSSR count). The van der Waals surface area contributed by atoms with Gasteiger partial charge < -0.3 is 9.30 Å². The van der Waals surface area contributed by atoms with E-state index in [2.05, 4.69) is 19.1 Å². The zero-order chi connectivity index (χ0) is 18.8. The van der Waals surface area contributed by atoms with Crippen molar-refractivity contribution in [3.05, 3.63) is 80.6 Å². The van der Waals surface area contributed by atoms with Gasteiger partial charge in [0, 0.05) is 11.5 Å². The summed E-state index contributed by atoms with van der Waals surface area (Å²) in [6.07, 6.45) is 0. The lowest BCUT2D eigenvalue weighted by molar-refractivity contribution is 0.0526. The summed E-state index contributed by atoms with van der Waals surface area (Å²) in [5.74, 6) is -0.330. The zero-order valence-electron chi connectivity index (χ0n) is 15.6. The van der Waals surface area contributed by atoms with E-state index in [1.54, 1.807) is 29.7 Å². The topological polar surface area (TPSA) is 48.3 Å². The third kappa shape index (κ3) is 3.40. The van der Waals surface area contributed by atoms with Crippen LogP contribution < -0.4 is 5.56 Å². The van der Waals surface area contributed by atoms with Crippen LogP contribution in [0, 0.1) is 20.8 Å². The van der Waals surface area contributed by atoms with E-state index >= 15 is 0 Å². The number of aryl methyl sites for hydroxylation is 3. The third-order valence-corrected chi connectivity index (χ3v) is 4.55. The summed E-state index contributed by atoms with van der Waals surface area (Å²) in [5, 5.41) is 1.10. The first-order valence-electron chi connectivity index (χ1n) is 8.78. The maximum atomic E-state index is 12.6. The van der Waals surface area contributed by atoms with Gasteiger partial charge in [0.2, 0.25) is 0 Å². The number of benzene rings is 2. The van der Waals surface area contributed by atoms with E-state index in [9.17, 15) is 9.59 Å². The second-order valence-electron chi connectivity index (χ2n) is 6.65. The first-order chi connectivity index (χ1) is 12.4. The van der Waals surface area contributed by atoms with E-state index in [1.807, 2.05) is 26.0 Å². The van der Waals surface area contributed by atoms with Gasteiger partial charge in [0.05, 0.1) is 24.2 Å². The van der Waals surface area contributed by atoms with Gasteiger partial charge >= 0.3 is 5.97 Å². The number of nitrogens with zero attached hydrogens (tertiary/aromatic N) is 1. The first-order valence-corrected chi connectivity index (χ1v) is 8.78. The Kier molecular flexibility index (Phi) is 4.94. The van der Waals surface area contributed by atoms with Crippen LogP contribution in [0.25, 0.3) is 10.9 Å². The van der Waals surface area contributed by atoms with Gasteiger partial charge in [0.15, 0.2) is 0 Å². The number of carbonyl (C=O) groups excluding carboxylic acids is 1. The van der Waals surface area contributed by atoms with Gasteiger partial charge in [-0.1, -0.05) is 23.8 Å². The SMILES string of the molecule is CCOC(=O)c1ccc(Cn2c(=O)cc(C)c3cc(C)cc(C)c32)cc1. The smallest absolute Gasteiger partial charge is 0.338 e. The highest BCUT2D eigenvalue weighted by Crippen LogP contribution is 2.23. The molecule has 0 unspecified atom stereocenters. The quantitative estimate of drug-likeness (QED) is 0.665. The molecule has 1 heterocycles. The molecule has 0 aliphatic carbocycles. The van der Waals surface area contributed by atoms with Crippen LogP contribution in [0.3, 0.4) is 0 Å². The highest BCUT2D eigenvalue weighted by molar-refractivity contribution is 5.89. The van der Waals surface area contributed by atoms with Crippen LogP contribution in [0.5, 0.6) is 0 Å².